The SMILES string of the molecule is CC1CN=C(NC2C3CN(Cc4ccccc4)CC32)SC1. The average Bonchev–Trinajstić information content (AvgIpc) is 2.94. The normalized spacial score (nSPS) is 35.2. The third-order valence-electron chi connectivity index (χ3n) is 4.86. The van der Waals surface area contributed by atoms with Gasteiger partial charge in [0.25, 0.3) is 0 Å². The Kier molecular flexibility index (Phi) is 3.67. The molecule has 1 saturated carbocycles. The molecule has 2 aliphatic heterocycles. The van der Waals surface area contributed by atoms with Crippen LogP contribution in [0.2, 0.25) is 0 Å². The Labute approximate surface area is 131 Å². The Balaban J connectivity index is 1.26. The van der Waals surface area contributed by atoms with Crippen molar-refractivity contribution in [2.45, 2.75) is 19.5 Å². The molecular weight excluding hydrogens is 278 g/mol. The molecule has 1 N–H and O–H groups in total. The quantitative estimate of drug-likeness (QED) is 0.929. The number of thioether (sulfide) groups is 1. The summed E-state index contributed by atoms with van der Waals surface area (Å²) in [7, 11) is 0. The molecule has 0 amide bonds. The van der Waals surface area contributed by atoms with Crippen LogP contribution in [0.15, 0.2) is 35.3 Å². The molecule has 0 aromatic heterocycles. The first-order valence-electron chi connectivity index (χ1n) is 7.99. The lowest BCUT2D eigenvalue weighted by molar-refractivity contribution is 0.287. The molecule has 1 aromatic rings. The number of hydrogen-bond acceptors (Lipinski definition) is 4. The minimum Gasteiger partial charge on any atom is -0.362 e. The van der Waals surface area contributed by atoms with Crippen LogP contribution in [-0.4, -0.2) is 41.5 Å². The number of piperidine rings is 1. The maximum absolute atomic E-state index is 4.66. The van der Waals surface area contributed by atoms with Gasteiger partial charge in [-0.1, -0.05) is 49.0 Å². The number of nitrogens with one attached hydrogen (secondary N) is 1. The van der Waals surface area contributed by atoms with Crippen molar-refractivity contribution in [1.82, 2.24) is 10.2 Å². The Morgan fingerprint density at radius 1 is 1.24 bits per heavy atom. The zero-order valence-corrected chi connectivity index (χ0v) is 13.4. The second-order valence-corrected chi connectivity index (χ2v) is 7.75. The maximum atomic E-state index is 4.66. The summed E-state index contributed by atoms with van der Waals surface area (Å²) >= 11 is 1.91. The Morgan fingerprint density at radius 3 is 2.67 bits per heavy atom. The van der Waals surface area contributed by atoms with Gasteiger partial charge in [0.05, 0.1) is 0 Å². The van der Waals surface area contributed by atoms with Crippen LogP contribution in [0, 0.1) is 17.8 Å². The minimum atomic E-state index is 0.691. The summed E-state index contributed by atoms with van der Waals surface area (Å²) in [6.07, 6.45) is 0. The summed E-state index contributed by atoms with van der Waals surface area (Å²) in [5.41, 5.74) is 1.43. The highest BCUT2D eigenvalue weighted by Gasteiger charge is 2.56. The Bertz CT molecular complexity index is 518. The topological polar surface area (TPSA) is 27.6 Å². The molecule has 112 valence electrons. The summed E-state index contributed by atoms with van der Waals surface area (Å²) < 4.78 is 0. The average molecular weight is 301 g/mol. The standard InChI is InChI=1S/C17H23N3S/c1-12-7-18-17(21-11-12)19-16-14-9-20(10-15(14)16)8-13-5-3-2-4-6-13/h2-6,12,14-16H,7-11H2,1H3,(H,18,19). The molecular formula is C17H23N3S. The number of hydrogen-bond donors (Lipinski definition) is 1. The van der Waals surface area contributed by atoms with Gasteiger partial charge in [-0.2, -0.15) is 0 Å². The van der Waals surface area contributed by atoms with E-state index in [0.717, 1.165) is 30.8 Å². The number of likely N-dealkylation sites (tertiary alicyclic amines) is 1. The first-order valence-corrected chi connectivity index (χ1v) is 8.98. The van der Waals surface area contributed by atoms with E-state index >= 15 is 0 Å². The summed E-state index contributed by atoms with van der Waals surface area (Å²) in [5, 5.41) is 4.88. The molecule has 0 bridgehead atoms. The number of amidine groups is 1. The van der Waals surface area contributed by atoms with Gasteiger partial charge < -0.3 is 5.32 Å². The van der Waals surface area contributed by atoms with E-state index in [9.17, 15) is 0 Å². The fourth-order valence-corrected chi connectivity index (χ4v) is 4.52. The number of nitrogens with zero attached hydrogens (tertiary/aromatic N) is 2. The highest BCUT2D eigenvalue weighted by molar-refractivity contribution is 8.13. The smallest absolute Gasteiger partial charge is 0.156 e. The van der Waals surface area contributed by atoms with Gasteiger partial charge in [-0.25, -0.2) is 0 Å². The number of aliphatic imine (C=N–C) groups is 1. The Hall–Kier alpha value is -1.00. The molecule has 0 spiro atoms. The molecule has 4 rings (SSSR count). The van der Waals surface area contributed by atoms with Gasteiger partial charge in [-0.15, -0.1) is 0 Å². The zero-order chi connectivity index (χ0) is 14.2. The van der Waals surface area contributed by atoms with Crippen molar-refractivity contribution < 1.29 is 0 Å². The monoisotopic (exact) mass is 301 g/mol. The summed E-state index contributed by atoms with van der Waals surface area (Å²) in [4.78, 5) is 7.26. The van der Waals surface area contributed by atoms with Crippen molar-refractivity contribution in [3.05, 3.63) is 35.9 Å². The van der Waals surface area contributed by atoms with Crippen LogP contribution >= 0.6 is 11.8 Å². The minimum absolute atomic E-state index is 0.691. The predicted octanol–water partition coefficient (Wildman–Crippen LogP) is 2.45. The molecule has 3 atom stereocenters. The number of benzene rings is 1. The van der Waals surface area contributed by atoms with Crippen molar-refractivity contribution >= 4 is 16.9 Å². The fraction of sp³-hybridized carbons (Fsp3) is 0.588. The molecule has 1 aliphatic carbocycles. The van der Waals surface area contributed by atoms with Gasteiger partial charge >= 0.3 is 0 Å². The van der Waals surface area contributed by atoms with Crippen molar-refractivity contribution in [3.63, 3.8) is 0 Å². The molecule has 3 nitrogen and oxygen atoms in total. The molecule has 3 aliphatic rings. The summed E-state index contributed by atoms with van der Waals surface area (Å²) in [5.74, 6) is 3.64. The van der Waals surface area contributed by atoms with Crippen molar-refractivity contribution in [2.75, 3.05) is 25.4 Å². The van der Waals surface area contributed by atoms with E-state index in [-0.39, 0.29) is 0 Å². The molecule has 3 unspecified atom stereocenters. The predicted molar refractivity (Wildman–Crippen MR) is 89.5 cm³/mol. The lowest BCUT2D eigenvalue weighted by Crippen LogP contribution is -2.34. The summed E-state index contributed by atoms with van der Waals surface area (Å²) in [6.45, 7) is 6.86. The first kappa shape index (κ1) is 13.6. The van der Waals surface area contributed by atoms with Gasteiger partial charge in [0.15, 0.2) is 5.17 Å². The van der Waals surface area contributed by atoms with E-state index in [1.807, 2.05) is 11.8 Å². The molecule has 2 heterocycles. The van der Waals surface area contributed by atoms with Gasteiger partial charge in [0.1, 0.15) is 0 Å². The third kappa shape index (κ3) is 2.97. The molecule has 2 fully saturated rings. The van der Waals surface area contributed by atoms with E-state index < -0.39 is 0 Å². The molecule has 1 aromatic carbocycles. The zero-order valence-electron chi connectivity index (χ0n) is 12.5. The van der Waals surface area contributed by atoms with Gasteiger partial charge in [0, 0.05) is 38.0 Å². The van der Waals surface area contributed by atoms with Crippen LogP contribution in [0.25, 0.3) is 0 Å². The molecule has 21 heavy (non-hydrogen) atoms. The van der Waals surface area contributed by atoms with Gasteiger partial charge in [0.2, 0.25) is 0 Å². The Morgan fingerprint density at radius 2 is 2.00 bits per heavy atom. The van der Waals surface area contributed by atoms with Crippen molar-refractivity contribution in [1.29, 1.82) is 0 Å². The van der Waals surface area contributed by atoms with Crippen LogP contribution in [0.5, 0.6) is 0 Å². The van der Waals surface area contributed by atoms with Crippen LogP contribution in [-0.2, 0) is 6.54 Å². The highest BCUT2D eigenvalue weighted by atomic mass is 32.2. The second-order valence-electron chi connectivity index (χ2n) is 6.74. The van der Waals surface area contributed by atoms with Crippen LogP contribution in [0.1, 0.15) is 12.5 Å². The lowest BCUT2D eigenvalue weighted by atomic mass is 10.2. The second kappa shape index (κ2) is 5.65. The molecule has 0 radical (unpaired) electrons. The van der Waals surface area contributed by atoms with Crippen LogP contribution in [0.4, 0.5) is 0 Å². The highest BCUT2D eigenvalue weighted by Crippen LogP contribution is 2.46. The fourth-order valence-electron chi connectivity index (χ4n) is 3.59. The van der Waals surface area contributed by atoms with E-state index in [1.165, 1.54) is 29.6 Å². The molecule has 4 heteroatoms. The first-order chi connectivity index (χ1) is 10.3. The van der Waals surface area contributed by atoms with E-state index in [2.05, 4.69) is 52.5 Å². The van der Waals surface area contributed by atoms with E-state index in [1.54, 1.807) is 0 Å². The van der Waals surface area contributed by atoms with E-state index in [4.69, 9.17) is 0 Å². The van der Waals surface area contributed by atoms with Crippen molar-refractivity contribution in [2.24, 2.45) is 22.7 Å². The summed E-state index contributed by atoms with van der Waals surface area (Å²) in [6, 6.07) is 11.5. The van der Waals surface area contributed by atoms with Gasteiger partial charge in [-0.05, 0) is 23.3 Å². The lowest BCUT2D eigenvalue weighted by Gasteiger charge is -2.22. The van der Waals surface area contributed by atoms with Crippen molar-refractivity contribution in [3.8, 4) is 0 Å². The van der Waals surface area contributed by atoms with Crippen LogP contribution < -0.4 is 5.32 Å². The number of fused-ring (bicyclic) bond motifs is 1. The van der Waals surface area contributed by atoms with Crippen LogP contribution in [0.3, 0.4) is 0 Å². The van der Waals surface area contributed by atoms with E-state index in [0.29, 0.717) is 6.04 Å². The van der Waals surface area contributed by atoms with Gasteiger partial charge in [-0.3, -0.25) is 9.89 Å². The maximum Gasteiger partial charge on any atom is 0.156 e. The largest absolute Gasteiger partial charge is 0.362 e. The third-order valence-corrected chi connectivity index (χ3v) is 6.12. The molecule has 1 saturated heterocycles. The number of rotatable bonds is 3.